The highest BCUT2D eigenvalue weighted by Gasteiger charge is 2.20. The van der Waals surface area contributed by atoms with Crippen LogP contribution in [-0.4, -0.2) is 53.7 Å². The molecular weight excluding hydrogens is 430 g/mol. The summed E-state index contributed by atoms with van der Waals surface area (Å²) in [6.45, 7) is 1.72. The zero-order chi connectivity index (χ0) is 21.0. The van der Waals surface area contributed by atoms with Crippen LogP contribution >= 0.6 is 23.1 Å². The maximum absolute atomic E-state index is 12.4. The minimum atomic E-state index is -3.59. The topological polar surface area (TPSA) is 108 Å². The number of thiophene rings is 1. The maximum atomic E-state index is 12.4. The number of H-pyrrole nitrogens is 1. The van der Waals surface area contributed by atoms with Gasteiger partial charge in [-0.15, -0.1) is 16.4 Å². The van der Waals surface area contributed by atoms with Gasteiger partial charge in [-0.3, -0.25) is 9.89 Å². The number of hydrogen-bond donors (Lipinski definition) is 2. The van der Waals surface area contributed by atoms with Crippen LogP contribution in [0.25, 0.3) is 0 Å². The Morgan fingerprint density at radius 2 is 2.10 bits per heavy atom. The second kappa shape index (κ2) is 9.08. The number of rotatable bonds is 8. The first-order valence-corrected chi connectivity index (χ1v) is 12.0. The highest BCUT2D eigenvalue weighted by atomic mass is 32.2. The minimum Gasteiger partial charge on any atom is -0.325 e. The van der Waals surface area contributed by atoms with E-state index in [0.29, 0.717) is 22.8 Å². The molecule has 0 saturated heterocycles. The highest BCUT2D eigenvalue weighted by Crippen LogP contribution is 2.23. The molecule has 0 aliphatic carbocycles. The van der Waals surface area contributed by atoms with Crippen molar-refractivity contribution in [3.05, 3.63) is 52.0 Å². The Bertz CT molecular complexity index is 1090. The SMILES string of the molecule is Cc1ccc(NC(=O)CSc2n[nH]c(Cc3cccs3)n2)cc1S(=O)(=O)N(C)C. The van der Waals surface area contributed by atoms with Gasteiger partial charge in [0.15, 0.2) is 0 Å². The molecule has 0 saturated carbocycles. The zero-order valence-corrected chi connectivity index (χ0v) is 18.6. The quantitative estimate of drug-likeness (QED) is 0.510. The van der Waals surface area contributed by atoms with E-state index < -0.39 is 10.0 Å². The van der Waals surface area contributed by atoms with Crippen molar-refractivity contribution in [1.29, 1.82) is 0 Å². The predicted molar refractivity (Wildman–Crippen MR) is 115 cm³/mol. The first-order valence-electron chi connectivity index (χ1n) is 8.65. The Hall–Kier alpha value is -2.21. The van der Waals surface area contributed by atoms with Crippen molar-refractivity contribution >= 4 is 44.7 Å². The third-order valence-corrected chi connectivity index (χ3v) is 7.68. The number of anilines is 1. The summed E-state index contributed by atoms with van der Waals surface area (Å²) in [5, 5.41) is 12.2. The number of amides is 1. The van der Waals surface area contributed by atoms with E-state index in [0.717, 1.165) is 10.1 Å². The number of hydrogen-bond acceptors (Lipinski definition) is 7. The summed E-state index contributed by atoms with van der Waals surface area (Å²) < 4.78 is 26.0. The fourth-order valence-electron chi connectivity index (χ4n) is 2.48. The molecule has 0 atom stereocenters. The van der Waals surface area contributed by atoms with E-state index in [2.05, 4.69) is 20.5 Å². The summed E-state index contributed by atoms with van der Waals surface area (Å²) in [6.07, 6.45) is 0.671. The molecule has 29 heavy (non-hydrogen) atoms. The van der Waals surface area contributed by atoms with Crippen molar-refractivity contribution in [1.82, 2.24) is 19.5 Å². The van der Waals surface area contributed by atoms with E-state index >= 15 is 0 Å². The van der Waals surface area contributed by atoms with Crippen LogP contribution in [0.5, 0.6) is 0 Å². The molecular formula is C18H21N5O3S3. The molecule has 0 bridgehead atoms. The third-order valence-electron chi connectivity index (χ3n) is 4.00. The van der Waals surface area contributed by atoms with Gasteiger partial charge in [0.2, 0.25) is 21.1 Å². The molecule has 0 radical (unpaired) electrons. The van der Waals surface area contributed by atoms with Crippen LogP contribution in [0, 0.1) is 6.92 Å². The monoisotopic (exact) mass is 451 g/mol. The van der Waals surface area contributed by atoms with E-state index in [-0.39, 0.29) is 16.6 Å². The van der Waals surface area contributed by atoms with Crippen LogP contribution in [0.1, 0.15) is 16.3 Å². The fraction of sp³-hybridized carbons (Fsp3) is 0.278. The van der Waals surface area contributed by atoms with E-state index in [1.54, 1.807) is 30.4 Å². The van der Waals surface area contributed by atoms with Crippen LogP contribution in [0.15, 0.2) is 45.8 Å². The first kappa shape index (κ1) is 21.5. The van der Waals surface area contributed by atoms with Crippen LogP contribution in [-0.2, 0) is 21.2 Å². The first-order chi connectivity index (χ1) is 13.8. The molecule has 2 aromatic heterocycles. The lowest BCUT2D eigenvalue weighted by molar-refractivity contribution is -0.113. The average molecular weight is 452 g/mol. The van der Waals surface area contributed by atoms with Gasteiger partial charge in [-0.25, -0.2) is 17.7 Å². The number of nitrogens with zero attached hydrogens (tertiary/aromatic N) is 3. The summed E-state index contributed by atoms with van der Waals surface area (Å²) in [7, 11) is -0.642. The lowest BCUT2D eigenvalue weighted by atomic mass is 10.2. The Balaban J connectivity index is 1.59. The van der Waals surface area contributed by atoms with Crippen LogP contribution in [0.3, 0.4) is 0 Å². The molecule has 0 aliphatic heterocycles. The molecule has 0 aliphatic rings. The van der Waals surface area contributed by atoms with Crippen molar-refractivity contribution < 1.29 is 13.2 Å². The number of nitrogens with one attached hydrogen (secondary N) is 2. The number of carbonyl (C=O) groups is 1. The average Bonchev–Trinajstić information content (AvgIpc) is 3.34. The molecule has 1 amide bonds. The summed E-state index contributed by atoms with van der Waals surface area (Å²) in [5.74, 6) is 0.587. The number of aromatic amines is 1. The van der Waals surface area contributed by atoms with Crippen LogP contribution in [0.4, 0.5) is 5.69 Å². The molecule has 2 heterocycles. The van der Waals surface area contributed by atoms with Crippen molar-refractivity contribution in [3.8, 4) is 0 Å². The van der Waals surface area contributed by atoms with E-state index in [9.17, 15) is 13.2 Å². The number of benzene rings is 1. The summed E-state index contributed by atoms with van der Waals surface area (Å²) in [6, 6.07) is 8.83. The van der Waals surface area contributed by atoms with Gasteiger partial charge in [0.25, 0.3) is 0 Å². The van der Waals surface area contributed by atoms with E-state index in [4.69, 9.17) is 0 Å². The largest absolute Gasteiger partial charge is 0.325 e. The van der Waals surface area contributed by atoms with Crippen molar-refractivity contribution in [2.75, 3.05) is 25.2 Å². The molecule has 1 aromatic carbocycles. The van der Waals surface area contributed by atoms with Gasteiger partial charge in [0.05, 0.1) is 10.6 Å². The lowest BCUT2D eigenvalue weighted by Gasteiger charge is -2.15. The Kier molecular flexibility index (Phi) is 6.73. The van der Waals surface area contributed by atoms with Crippen LogP contribution < -0.4 is 5.32 Å². The number of thioether (sulfide) groups is 1. The molecule has 8 nitrogen and oxygen atoms in total. The number of sulfonamides is 1. The zero-order valence-electron chi connectivity index (χ0n) is 16.2. The molecule has 0 unspecified atom stereocenters. The molecule has 0 spiro atoms. The van der Waals surface area contributed by atoms with Gasteiger partial charge in [-0.2, -0.15) is 0 Å². The van der Waals surface area contributed by atoms with Gasteiger partial charge < -0.3 is 5.32 Å². The number of aromatic nitrogens is 3. The molecule has 3 aromatic rings. The van der Waals surface area contributed by atoms with Crippen molar-refractivity contribution in [3.63, 3.8) is 0 Å². The predicted octanol–water partition coefficient (Wildman–Crippen LogP) is 2.75. The smallest absolute Gasteiger partial charge is 0.242 e. The Morgan fingerprint density at radius 3 is 2.79 bits per heavy atom. The Labute approximate surface area is 177 Å². The van der Waals surface area contributed by atoms with Crippen molar-refractivity contribution in [2.45, 2.75) is 23.4 Å². The number of aryl methyl sites for hydroxylation is 1. The molecule has 3 rings (SSSR count). The van der Waals surface area contributed by atoms with Gasteiger partial charge in [-0.05, 0) is 36.1 Å². The lowest BCUT2D eigenvalue weighted by Crippen LogP contribution is -2.23. The van der Waals surface area contributed by atoms with Gasteiger partial charge >= 0.3 is 0 Å². The fourth-order valence-corrected chi connectivity index (χ4v) is 4.95. The highest BCUT2D eigenvalue weighted by molar-refractivity contribution is 7.99. The van der Waals surface area contributed by atoms with Gasteiger partial charge in [0, 0.05) is 31.1 Å². The molecule has 154 valence electrons. The molecule has 2 N–H and O–H groups in total. The molecule has 0 fully saturated rings. The molecule has 11 heteroatoms. The number of carbonyl (C=O) groups excluding carboxylic acids is 1. The van der Waals surface area contributed by atoms with Gasteiger partial charge in [-0.1, -0.05) is 23.9 Å². The van der Waals surface area contributed by atoms with Crippen molar-refractivity contribution in [2.24, 2.45) is 0 Å². The minimum absolute atomic E-state index is 0.111. The third kappa shape index (κ3) is 5.44. The van der Waals surface area contributed by atoms with E-state index in [1.165, 1.54) is 36.8 Å². The standard InChI is InChI=1S/C18H21N5O3S3/c1-12-6-7-13(9-15(12)29(25,26)23(2)3)19-17(24)11-28-18-20-16(21-22-18)10-14-5-4-8-27-14/h4-9H,10-11H2,1-3H3,(H,19,24)(H,20,21,22). The normalized spacial score (nSPS) is 11.7. The maximum Gasteiger partial charge on any atom is 0.242 e. The second-order valence-corrected chi connectivity index (χ2v) is 10.5. The van der Waals surface area contributed by atoms with Crippen LogP contribution in [0.2, 0.25) is 0 Å². The summed E-state index contributed by atoms with van der Waals surface area (Å²) in [5.41, 5.74) is 1.04. The van der Waals surface area contributed by atoms with E-state index in [1.807, 2.05) is 17.5 Å². The second-order valence-electron chi connectivity index (χ2n) is 6.43. The van der Waals surface area contributed by atoms with Gasteiger partial charge in [0.1, 0.15) is 5.82 Å². The Morgan fingerprint density at radius 1 is 1.31 bits per heavy atom. The summed E-state index contributed by atoms with van der Waals surface area (Å²) in [4.78, 5) is 18.0. The summed E-state index contributed by atoms with van der Waals surface area (Å²) >= 11 is 2.86.